The number of benzene rings is 1. The summed E-state index contributed by atoms with van der Waals surface area (Å²) in [6.07, 6.45) is 1.19. The van der Waals surface area contributed by atoms with Crippen LogP contribution in [0.4, 0.5) is 19.3 Å². The zero-order chi connectivity index (χ0) is 22.1. The van der Waals surface area contributed by atoms with Crippen molar-refractivity contribution in [1.29, 1.82) is 0 Å². The number of carbonyl (C=O) groups excluding carboxylic acids is 1. The van der Waals surface area contributed by atoms with Gasteiger partial charge in [0.2, 0.25) is 0 Å². The van der Waals surface area contributed by atoms with Crippen LogP contribution in [0.25, 0.3) is 0 Å². The molecular formula is C19H21F2N5O4. The fraction of sp³-hybridized carbons (Fsp3) is 0.421. The molecule has 1 saturated heterocycles. The van der Waals surface area contributed by atoms with Gasteiger partial charge in [0.15, 0.2) is 5.82 Å². The molecule has 0 spiro atoms. The van der Waals surface area contributed by atoms with Crippen LogP contribution in [0.15, 0.2) is 30.6 Å². The van der Waals surface area contributed by atoms with Crippen molar-refractivity contribution in [1.82, 2.24) is 20.6 Å². The molecule has 0 radical (unpaired) electrons. The molecule has 1 fully saturated rings. The highest BCUT2D eigenvalue weighted by Crippen LogP contribution is 2.40. The third-order valence-corrected chi connectivity index (χ3v) is 4.65. The summed E-state index contributed by atoms with van der Waals surface area (Å²) in [6.45, 7) is 5.29. The summed E-state index contributed by atoms with van der Waals surface area (Å²) in [5.74, 6) is -2.10. The van der Waals surface area contributed by atoms with E-state index in [1.807, 2.05) is 0 Å². The van der Waals surface area contributed by atoms with Crippen molar-refractivity contribution in [3.8, 4) is 0 Å². The van der Waals surface area contributed by atoms with Crippen LogP contribution in [0.3, 0.4) is 0 Å². The largest absolute Gasteiger partial charge is 0.444 e. The monoisotopic (exact) mass is 421 g/mol. The van der Waals surface area contributed by atoms with Crippen LogP contribution in [0, 0.1) is 21.7 Å². The Bertz CT molecular complexity index is 964. The first-order chi connectivity index (χ1) is 14.0. The second kappa shape index (κ2) is 7.90. The van der Waals surface area contributed by atoms with E-state index in [1.165, 1.54) is 0 Å². The van der Waals surface area contributed by atoms with E-state index in [-0.39, 0.29) is 30.2 Å². The molecule has 160 valence electrons. The van der Waals surface area contributed by atoms with Crippen molar-refractivity contribution in [3.63, 3.8) is 0 Å². The lowest BCUT2D eigenvalue weighted by Crippen LogP contribution is -2.53. The zero-order valence-corrected chi connectivity index (χ0v) is 16.6. The minimum Gasteiger partial charge on any atom is -0.444 e. The van der Waals surface area contributed by atoms with Crippen LogP contribution < -0.4 is 10.6 Å². The maximum atomic E-state index is 14.6. The highest BCUT2D eigenvalue weighted by Gasteiger charge is 2.50. The van der Waals surface area contributed by atoms with E-state index in [4.69, 9.17) is 4.74 Å². The first kappa shape index (κ1) is 21.5. The van der Waals surface area contributed by atoms with E-state index in [1.54, 1.807) is 20.8 Å². The molecule has 2 aromatic rings. The SMILES string of the molecule is CC(C)(C)OC(=O)N[C@@]1(c2ncc([N+](=O)[O-])cn2)CNC[C@@H]1c1cc(F)ccc1F. The van der Waals surface area contributed by atoms with Gasteiger partial charge in [-0.15, -0.1) is 0 Å². The molecule has 1 aliphatic heterocycles. The average Bonchev–Trinajstić information content (AvgIpc) is 3.06. The number of nitro groups is 1. The van der Waals surface area contributed by atoms with Crippen molar-refractivity contribution >= 4 is 11.8 Å². The van der Waals surface area contributed by atoms with E-state index < -0.39 is 39.7 Å². The standard InChI is InChI=1S/C19H21F2N5O4/c1-18(2,3)30-17(27)25-19(16-23-7-12(8-24-16)26(28)29)10-22-9-14(19)13-6-11(20)4-5-15(13)21/h4-8,14,22H,9-10H2,1-3H3,(H,25,27)/t14-,19+/m1/s1. The third kappa shape index (κ3) is 4.35. The summed E-state index contributed by atoms with van der Waals surface area (Å²) in [5.41, 5.74) is -2.57. The van der Waals surface area contributed by atoms with Crippen LogP contribution in [0.5, 0.6) is 0 Å². The van der Waals surface area contributed by atoms with Gasteiger partial charge in [-0.1, -0.05) is 0 Å². The Morgan fingerprint density at radius 2 is 2.00 bits per heavy atom. The van der Waals surface area contributed by atoms with Gasteiger partial charge in [0.1, 0.15) is 35.2 Å². The summed E-state index contributed by atoms with van der Waals surface area (Å²) >= 11 is 0. The van der Waals surface area contributed by atoms with Gasteiger partial charge in [0.25, 0.3) is 0 Å². The maximum Gasteiger partial charge on any atom is 0.408 e. The summed E-state index contributed by atoms with van der Waals surface area (Å²) in [5, 5.41) is 16.7. The van der Waals surface area contributed by atoms with Crippen molar-refractivity contribution in [2.24, 2.45) is 0 Å². The fourth-order valence-corrected chi connectivity index (χ4v) is 3.42. The number of hydrogen-bond donors (Lipinski definition) is 2. The summed E-state index contributed by atoms with van der Waals surface area (Å²) in [4.78, 5) is 31.0. The Kier molecular flexibility index (Phi) is 5.66. The zero-order valence-electron chi connectivity index (χ0n) is 16.6. The lowest BCUT2D eigenvalue weighted by atomic mass is 9.80. The third-order valence-electron chi connectivity index (χ3n) is 4.65. The van der Waals surface area contributed by atoms with Gasteiger partial charge in [-0.25, -0.2) is 23.5 Å². The molecule has 1 aromatic heterocycles. The fourth-order valence-electron chi connectivity index (χ4n) is 3.42. The Labute approximate surface area is 171 Å². The predicted octanol–water partition coefficient (Wildman–Crippen LogP) is 2.77. The molecule has 0 unspecified atom stereocenters. The number of nitrogens with one attached hydrogen (secondary N) is 2. The van der Waals surface area contributed by atoms with Gasteiger partial charge in [-0.05, 0) is 44.5 Å². The molecule has 1 aromatic carbocycles. The Hall–Kier alpha value is -3.21. The van der Waals surface area contributed by atoms with Crippen LogP contribution in [0.1, 0.15) is 38.1 Å². The molecule has 2 heterocycles. The van der Waals surface area contributed by atoms with Crippen LogP contribution >= 0.6 is 0 Å². The molecule has 0 aliphatic carbocycles. The van der Waals surface area contributed by atoms with Crippen LogP contribution in [-0.2, 0) is 10.3 Å². The van der Waals surface area contributed by atoms with Crippen molar-refractivity contribution in [3.05, 3.63) is 63.7 Å². The quantitative estimate of drug-likeness (QED) is 0.575. The average molecular weight is 421 g/mol. The Morgan fingerprint density at radius 3 is 2.60 bits per heavy atom. The molecule has 3 rings (SSSR count). The van der Waals surface area contributed by atoms with E-state index in [0.29, 0.717) is 0 Å². The highest BCUT2D eigenvalue weighted by atomic mass is 19.1. The molecule has 2 atom stereocenters. The van der Waals surface area contributed by atoms with E-state index in [9.17, 15) is 23.7 Å². The maximum absolute atomic E-state index is 14.6. The van der Waals surface area contributed by atoms with E-state index in [2.05, 4.69) is 20.6 Å². The first-order valence-electron chi connectivity index (χ1n) is 9.15. The molecule has 30 heavy (non-hydrogen) atoms. The van der Waals surface area contributed by atoms with E-state index in [0.717, 1.165) is 30.6 Å². The van der Waals surface area contributed by atoms with Crippen LogP contribution in [-0.4, -0.2) is 39.7 Å². The Morgan fingerprint density at radius 1 is 1.33 bits per heavy atom. The lowest BCUT2D eigenvalue weighted by molar-refractivity contribution is -0.385. The predicted molar refractivity (Wildman–Crippen MR) is 102 cm³/mol. The molecule has 11 heteroatoms. The Balaban J connectivity index is 2.09. The number of rotatable bonds is 4. The number of hydrogen-bond acceptors (Lipinski definition) is 7. The van der Waals surface area contributed by atoms with Crippen molar-refractivity contribution < 1.29 is 23.2 Å². The molecule has 1 amide bonds. The topological polar surface area (TPSA) is 119 Å². The number of carbonyl (C=O) groups is 1. The van der Waals surface area contributed by atoms with Gasteiger partial charge in [-0.3, -0.25) is 10.1 Å². The number of nitrogens with zero attached hydrogens (tertiary/aromatic N) is 3. The molecule has 2 N–H and O–H groups in total. The normalized spacial score (nSPS) is 21.3. The minimum absolute atomic E-state index is 0.0117. The molecule has 0 saturated carbocycles. The minimum atomic E-state index is -1.42. The number of aromatic nitrogens is 2. The number of ether oxygens (including phenoxy) is 1. The number of halogens is 2. The number of amides is 1. The summed E-state index contributed by atoms with van der Waals surface area (Å²) in [7, 11) is 0. The van der Waals surface area contributed by atoms with Gasteiger partial charge in [0, 0.05) is 19.0 Å². The smallest absolute Gasteiger partial charge is 0.408 e. The van der Waals surface area contributed by atoms with Crippen molar-refractivity contribution in [2.75, 3.05) is 13.1 Å². The van der Waals surface area contributed by atoms with Crippen LogP contribution in [0.2, 0.25) is 0 Å². The molecule has 0 bridgehead atoms. The molecular weight excluding hydrogens is 400 g/mol. The molecule has 1 aliphatic rings. The summed E-state index contributed by atoms with van der Waals surface area (Å²) < 4.78 is 33.8. The number of alkyl carbamates (subject to hydrolysis) is 1. The van der Waals surface area contributed by atoms with Gasteiger partial charge >= 0.3 is 11.8 Å². The lowest BCUT2D eigenvalue weighted by Gasteiger charge is -2.35. The second-order valence-electron chi connectivity index (χ2n) is 7.97. The highest BCUT2D eigenvalue weighted by molar-refractivity contribution is 5.69. The van der Waals surface area contributed by atoms with E-state index >= 15 is 0 Å². The van der Waals surface area contributed by atoms with Gasteiger partial charge in [-0.2, -0.15) is 0 Å². The first-order valence-corrected chi connectivity index (χ1v) is 9.15. The molecule has 9 nitrogen and oxygen atoms in total. The second-order valence-corrected chi connectivity index (χ2v) is 7.97. The van der Waals surface area contributed by atoms with Gasteiger partial charge < -0.3 is 15.4 Å². The van der Waals surface area contributed by atoms with Gasteiger partial charge in [0.05, 0.1) is 4.92 Å². The summed E-state index contributed by atoms with van der Waals surface area (Å²) in [6, 6.07) is 3.04. The van der Waals surface area contributed by atoms with Crippen molar-refractivity contribution in [2.45, 2.75) is 37.8 Å².